The van der Waals surface area contributed by atoms with Crippen LogP contribution in [0.4, 0.5) is 5.95 Å². The third-order valence-corrected chi connectivity index (χ3v) is 5.67. The fourth-order valence-corrected chi connectivity index (χ4v) is 3.96. The molecule has 3 heterocycles. The van der Waals surface area contributed by atoms with Crippen LogP contribution in [0.1, 0.15) is 40.0 Å². The topological polar surface area (TPSA) is 69.6 Å². The molecule has 23 heavy (non-hydrogen) atoms. The molecule has 1 amide bonds. The molecule has 1 N–H and O–H groups in total. The molecule has 126 valence electrons. The van der Waals surface area contributed by atoms with Crippen LogP contribution >= 0.6 is 0 Å². The van der Waals surface area contributed by atoms with Crippen LogP contribution in [0.2, 0.25) is 0 Å². The Hall–Kier alpha value is -1.69. The smallest absolute Gasteiger partial charge is 0.225 e. The molecular weight excluding hydrogens is 292 g/mol. The second kappa shape index (κ2) is 5.74. The Morgan fingerprint density at radius 1 is 1.26 bits per heavy atom. The van der Waals surface area contributed by atoms with E-state index in [4.69, 9.17) is 0 Å². The zero-order valence-corrected chi connectivity index (χ0v) is 14.2. The van der Waals surface area contributed by atoms with Crippen molar-refractivity contribution in [3.05, 3.63) is 18.5 Å². The summed E-state index contributed by atoms with van der Waals surface area (Å²) in [6, 6.07) is 1.82. The average molecular weight is 318 g/mol. The van der Waals surface area contributed by atoms with Crippen molar-refractivity contribution in [2.24, 2.45) is 5.41 Å². The highest BCUT2D eigenvalue weighted by atomic mass is 16.3. The van der Waals surface area contributed by atoms with Crippen molar-refractivity contribution in [1.29, 1.82) is 0 Å². The maximum absolute atomic E-state index is 12.1. The summed E-state index contributed by atoms with van der Waals surface area (Å²) in [7, 11) is 0. The quantitative estimate of drug-likeness (QED) is 0.849. The van der Waals surface area contributed by atoms with Gasteiger partial charge in [0.2, 0.25) is 11.9 Å². The van der Waals surface area contributed by atoms with Crippen LogP contribution in [-0.2, 0) is 4.79 Å². The highest BCUT2D eigenvalue weighted by Gasteiger charge is 2.50. The van der Waals surface area contributed by atoms with Crippen LogP contribution in [0.5, 0.6) is 0 Å². The van der Waals surface area contributed by atoms with Gasteiger partial charge in [-0.1, -0.05) is 0 Å². The highest BCUT2D eigenvalue weighted by molar-refractivity contribution is 5.74. The molecule has 0 unspecified atom stereocenters. The number of amides is 1. The fraction of sp³-hybridized carbons (Fsp3) is 0.706. The number of carbonyl (C=O) groups excluding carboxylic acids is 1. The predicted molar refractivity (Wildman–Crippen MR) is 88.0 cm³/mol. The Morgan fingerprint density at radius 3 is 2.43 bits per heavy atom. The lowest BCUT2D eigenvalue weighted by Crippen LogP contribution is -2.64. The molecule has 2 fully saturated rings. The van der Waals surface area contributed by atoms with Crippen molar-refractivity contribution in [1.82, 2.24) is 14.9 Å². The van der Waals surface area contributed by atoms with Crippen LogP contribution in [0.3, 0.4) is 0 Å². The van der Waals surface area contributed by atoms with E-state index in [9.17, 15) is 9.90 Å². The van der Waals surface area contributed by atoms with E-state index >= 15 is 0 Å². The number of aliphatic hydroxyl groups is 1. The number of aliphatic hydroxyl groups excluding tert-OH is 1. The molecule has 1 spiro atoms. The summed E-state index contributed by atoms with van der Waals surface area (Å²) in [5, 5.41) is 10.6. The van der Waals surface area contributed by atoms with Gasteiger partial charge in [-0.05, 0) is 44.6 Å². The van der Waals surface area contributed by atoms with Crippen molar-refractivity contribution in [3.63, 3.8) is 0 Å². The van der Waals surface area contributed by atoms with Gasteiger partial charge in [0.15, 0.2) is 0 Å². The number of nitrogens with zero attached hydrogens (tertiary/aromatic N) is 4. The number of rotatable bonds is 1. The molecule has 6 heteroatoms. The van der Waals surface area contributed by atoms with E-state index in [1.807, 2.05) is 24.8 Å². The molecular formula is C17H26N4O2. The Labute approximate surface area is 137 Å². The maximum atomic E-state index is 12.1. The lowest BCUT2D eigenvalue weighted by Gasteiger charge is -2.55. The van der Waals surface area contributed by atoms with Gasteiger partial charge in [0.1, 0.15) is 0 Å². The number of carbonyl (C=O) groups is 1. The first-order chi connectivity index (χ1) is 10.8. The van der Waals surface area contributed by atoms with Crippen LogP contribution in [0.15, 0.2) is 18.5 Å². The third-order valence-electron chi connectivity index (χ3n) is 5.67. The molecule has 2 aliphatic rings. The molecule has 0 aromatic carbocycles. The summed E-state index contributed by atoms with van der Waals surface area (Å²) >= 11 is 0. The van der Waals surface area contributed by atoms with E-state index in [1.54, 1.807) is 19.3 Å². The van der Waals surface area contributed by atoms with Gasteiger partial charge in [-0.3, -0.25) is 4.79 Å². The van der Waals surface area contributed by atoms with E-state index in [1.165, 1.54) is 0 Å². The number of piperidine rings is 2. The van der Waals surface area contributed by atoms with Gasteiger partial charge in [0.25, 0.3) is 0 Å². The minimum atomic E-state index is -0.489. The van der Waals surface area contributed by atoms with Crippen molar-refractivity contribution < 1.29 is 9.90 Å². The second-order valence-corrected chi connectivity index (χ2v) is 7.51. The maximum Gasteiger partial charge on any atom is 0.225 e. The van der Waals surface area contributed by atoms with Crippen molar-refractivity contribution in [2.75, 3.05) is 24.5 Å². The van der Waals surface area contributed by atoms with Gasteiger partial charge < -0.3 is 14.9 Å². The normalized spacial score (nSPS) is 26.3. The Kier molecular flexibility index (Phi) is 4.04. The number of likely N-dealkylation sites (tertiary alicyclic amines) is 1. The van der Waals surface area contributed by atoms with Gasteiger partial charge in [0, 0.05) is 39.0 Å². The van der Waals surface area contributed by atoms with Gasteiger partial charge in [-0.15, -0.1) is 0 Å². The van der Waals surface area contributed by atoms with Crippen LogP contribution in [0.25, 0.3) is 0 Å². The average Bonchev–Trinajstić information content (AvgIpc) is 2.53. The highest BCUT2D eigenvalue weighted by Crippen LogP contribution is 2.45. The number of aromatic nitrogens is 2. The summed E-state index contributed by atoms with van der Waals surface area (Å²) in [6.45, 7) is 7.97. The molecule has 1 aromatic rings. The molecule has 1 aromatic heterocycles. The zero-order chi connectivity index (χ0) is 16.7. The molecule has 0 bridgehead atoms. The summed E-state index contributed by atoms with van der Waals surface area (Å²) in [5.41, 5.74) is -0.483. The van der Waals surface area contributed by atoms with Gasteiger partial charge in [-0.2, -0.15) is 0 Å². The largest absolute Gasteiger partial charge is 0.391 e. The Bertz CT molecular complexity index is 567. The van der Waals surface area contributed by atoms with Crippen LogP contribution < -0.4 is 4.90 Å². The molecule has 6 nitrogen and oxygen atoms in total. The molecule has 3 rings (SSSR count). The monoisotopic (exact) mass is 318 g/mol. The first-order valence-corrected chi connectivity index (χ1v) is 8.32. The first kappa shape index (κ1) is 16.2. The molecule has 2 saturated heterocycles. The minimum absolute atomic E-state index is 0.00584. The molecule has 0 aliphatic carbocycles. The molecule has 0 saturated carbocycles. The second-order valence-electron chi connectivity index (χ2n) is 7.51. The molecule has 2 aliphatic heterocycles. The van der Waals surface area contributed by atoms with E-state index in [2.05, 4.69) is 14.9 Å². The standard InChI is InChI=1S/C17H26N4O2/c1-13(22)21-12-17(11-14(23)16(21,2)3)5-9-20(10-6-17)15-18-7-4-8-19-15/h4,7-8,14,23H,5-6,9-12H2,1-3H3/t14-/m0/s1. The lowest BCUT2D eigenvalue weighted by atomic mass is 9.67. The third kappa shape index (κ3) is 2.92. The van der Waals surface area contributed by atoms with Gasteiger partial charge in [-0.25, -0.2) is 9.97 Å². The van der Waals surface area contributed by atoms with Crippen molar-refractivity contribution >= 4 is 11.9 Å². The minimum Gasteiger partial charge on any atom is -0.391 e. The van der Waals surface area contributed by atoms with Crippen molar-refractivity contribution in [3.8, 4) is 0 Å². The van der Waals surface area contributed by atoms with Gasteiger partial charge >= 0.3 is 0 Å². The summed E-state index contributed by atoms with van der Waals surface area (Å²) in [6.07, 6.45) is 5.69. The predicted octanol–water partition coefficient (Wildman–Crippen LogP) is 1.45. The molecule has 1 atom stereocenters. The summed E-state index contributed by atoms with van der Waals surface area (Å²) in [5.74, 6) is 0.810. The van der Waals surface area contributed by atoms with E-state index in [-0.39, 0.29) is 11.3 Å². The van der Waals surface area contributed by atoms with E-state index in [0.29, 0.717) is 0 Å². The fourth-order valence-electron chi connectivity index (χ4n) is 3.96. The van der Waals surface area contributed by atoms with Crippen LogP contribution in [0, 0.1) is 5.41 Å². The zero-order valence-electron chi connectivity index (χ0n) is 14.2. The summed E-state index contributed by atoms with van der Waals surface area (Å²) in [4.78, 5) is 24.7. The lowest BCUT2D eigenvalue weighted by molar-refractivity contribution is -0.155. The number of hydrogen-bond acceptors (Lipinski definition) is 5. The number of anilines is 1. The van der Waals surface area contributed by atoms with Crippen molar-refractivity contribution in [2.45, 2.75) is 51.7 Å². The van der Waals surface area contributed by atoms with Gasteiger partial charge in [0.05, 0.1) is 11.6 Å². The SMILES string of the molecule is CC(=O)N1CC2(CCN(c3ncccn3)CC2)C[C@H](O)C1(C)C. The van der Waals surface area contributed by atoms with E-state index in [0.717, 1.165) is 44.8 Å². The van der Waals surface area contributed by atoms with Crippen LogP contribution in [-0.4, -0.2) is 57.2 Å². The summed E-state index contributed by atoms with van der Waals surface area (Å²) < 4.78 is 0. The molecule has 0 radical (unpaired) electrons. The Balaban J connectivity index is 1.74. The first-order valence-electron chi connectivity index (χ1n) is 8.32. The number of hydrogen-bond donors (Lipinski definition) is 1. The van der Waals surface area contributed by atoms with E-state index < -0.39 is 11.6 Å². The Morgan fingerprint density at radius 2 is 1.87 bits per heavy atom.